The zero-order valence-electron chi connectivity index (χ0n) is 18.7. The first-order valence-electron chi connectivity index (χ1n) is 11.0. The predicted octanol–water partition coefficient (Wildman–Crippen LogP) is 4.17. The standard InChI is InChI=1S/C23H33N3O5/c1-4-6-12-24(13-7-5-2)14-9-15-25-21(20(17(3)27)22(28)23(25)29)18-10-8-11-19(16-18)26(30)31/h8,10-11,16,21,28H,4-7,9,12-15H2,1-3H3/t21-/m1/s1. The molecule has 0 aliphatic carbocycles. The molecule has 1 aliphatic rings. The van der Waals surface area contributed by atoms with Crippen LogP contribution >= 0.6 is 0 Å². The molecular weight excluding hydrogens is 398 g/mol. The van der Waals surface area contributed by atoms with Gasteiger partial charge in [0.2, 0.25) is 0 Å². The van der Waals surface area contributed by atoms with Crippen molar-refractivity contribution < 1.29 is 19.6 Å². The summed E-state index contributed by atoms with van der Waals surface area (Å²) in [5.74, 6) is -1.58. The molecule has 8 heteroatoms. The molecule has 0 saturated heterocycles. The summed E-state index contributed by atoms with van der Waals surface area (Å²) in [4.78, 5) is 39.5. The van der Waals surface area contributed by atoms with Crippen LogP contribution < -0.4 is 0 Å². The van der Waals surface area contributed by atoms with Crippen LogP contribution in [0.4, 0.5) is 5.69 Å². The molecule has 1 atom stereocenters. The number of benzene rings is 1. The minimum absolute atomic E-state index is 0.000630. The van der Waals surface area contributed by atoms with Gasteiger partial charge in [0.05, 0.1) is 16.5 Å². The van der Waals surface area contributed by atoms with Gasteiger partial charge in [-0.05, 0) is 51.4 Å². The number of carbonyl (C=O) groups excluding carboxylic acids is 2. The molecule has 0 radical (unpaired) electrons. The van der Waals surface area contributed by atoms with Crippen LogP contribution in [0, 0.1) is 10.1 Å². The third kappa shape index (κ3) is 6.13. The molecule has 0 fully saturated rings. The lowest BCUT2D eigenvalue weighted by atomic mass is 9.96. The number of nitro groups is 1. The number of carbonyl (C=O) groups is 2. The normalized spacial score (nSPS) is 16.5. The number of nitrogens with zero attached hydrogens (tertiary/aromatic N) is 3. The number of amides is 1. The topological polar surface area (TPSA) is 104 Å². The molecule has 0 unspecified atom stereocenters. The Bertz CT molecular complexity index is 828. The molecule has 1 aromatic carbocycles. The van der Waals surface area contributed by atoms with Crippen LogP contribution in [0.5, 0.6) is 0 Å². The maximum absolute atomic E-state index is 12.8. The monoisotopic (exact) mass is 431 g/mol. The fourth-order valence-electron chi connectivity index (χ4n) is 3.96. The van der Waals surface area contributed by atoms with Crippen molar-refractivity contribution >= 4 is 17.4 Å². The van der Waals surface area contributed by atoms with Gasteiger partial charge in [-0.2, -0.15) is 0 Å². The maximum atomic E-state index is 12.8. The number of Topliss-reactive ketones (excluding diaryl/α,β-unsaturated/α-hetero) is 1. The van der Waals surface area contributed by atoms with Gasteiger partial charge in [-0.1, -0.05) is 38.8 Å². The summed E-state index contributed by atoms with van der Waals surface area (Å²) in [6, 6.07) is 5.08. The van der Waals surface area contributed by atoms with E-state index >= 15 is 0 Å². The highest BCUT2D eigenvalue weighted by Gasteiger charge is 2.42. The summed E-state index contributed by atoms with van der Waals surface area (Å²) in [5, 5.41) is 21.6. The van der Waals surface area contributed by atoms with Gasteiger partial charge in [-0.15, -0.1) is 0 Å². The molecule has 31 heavy (non-hydrogen) atoms. The van der Waals surface area contributed by atoms with E-state index in [-0.39, 0.29) is 11.3 Å². The third-order valence-electron chi connectivity index (χ3n) is 5.61. The Balaban J connectivity index is 2.22. The molecular formula is C23H33N3O5. The number of hydrogen-bond donors (Lipinski definition) is 1. The van der Waals surface area contributed by atoms with E-state index in [9.17, 15) is 24.8 Å². The van der Waals surface area contributed by atoms with Gasteiger partial charge in [-0.3, -0.25) is 19.7 Å². The van der Waals surface area contributed by atoms with Crippen molar-refractivity contribution in [2.45, 2.75) is 58.9 Å². The summed E-state index contributed by atoms with van der Waals surface area (Å²) in [7, 11) is 0. The van der Waals surface area contributed by atoms with Gasteiger partial charge in [0.25, 0.3) is 11.6 Å². The molecule has 0 aromatic heterocycles. The third-order valence-corrected chi connectivity index (χ3v) is 5.61. The first-order chi connectivity index (χ1) is 14.8. The smallest absolute Gasteiger partial charge is 0.290 e. The van der Waals surface area contributed by atoms with Crippen molar-refractivity contribution in [1.29, 1.82) is 0 Å². The quantitative estimate of drug-likeness (QED) is 0.371. The molecule has 0 bridgehead atoms. The minimum atomic E-state index is -0.815. The summed E-state index contributed by atoms with van der Waals surface area (Å²) < 4.78 is 0. The Morgan fingerprint density at radius 3 is 2.32 bits per heavy atom. The number of nitro benzene ring substituents is 1. The zero-order valence-corrected chi connectivity index (χ0v) is 18.7. The second kappa shape index (κ2) is 11.6. The molecule has 1 N–H and O–H groups in total. The fourth-order valence-corrected chi connectivity index (χ4v) is 3.96. The number of ketones is 1. The molecule has 170 valence electrons. The highest BCUT2D eigenvalue weighted by atomic mass is 16.6. The van der Waals surface area contributed by atoms with Gasteiger partial charge in [-0.25, -0.2) is 0 Å². The van der Waals surface area contributed by atoms with Gasteiger partial charge < -0.3 is 14.9 Å². The summed E-state index contributed by atoms with van der Waals surface area (Å²) in [6.07, 6.45) is 5.13. The van der Waals surface area contributed by atoms with Crippen LogP contribution in [-0.4, -0.2) is 57.7 Å². The highest BCUT2D eigenvalue weighted by molar-refractivity contribution is 6.08. The molecule has 1 amide bonds. The van der Waals surface area contributed by atoms with Crippen molar-refractivity contribution in [3.63, 3.8) is 0 Å². The molecule has 8 nitrogen and oxygen atoms in total. The Kier molecular flexibility index (Phi) is 9.18. The van der Waals surface area contributed by atoms with Gasteiger partial charge in [0, 0.05) is 18.7 Å². The molecule has 0 saturated carbocycles. The van der Waals surface area contributed by atoms with Crippen LogP contribution in [0.25, 0.3) is 0 Å². The lowest BCUT2D eigenvalue weighted by Gasteiger charge is -2.28. The van der Waals surface area contributed by atoms with Crippen LogP contribution in [0.2, 0.25) is 0 Å². The number of hydrogen-bond acceptors (Lipinski definition) is 6. The van der Waals surface area contributed by atoms with Crippen molar-refractivity contribution in [2.24, 2.45) is 0 Å². The van der Waals surface area contributed by atoms with E-state index in [1.54, 1.807) is 6.07 Å². The van der Waals surface area contributed by atoms with Crippen LogP contribution in [0.3, 0.4) is 0 Å². The number of unbranched alkanes of at least 4 members (excludes halogenated alkanes) is 2. The second-order valence-corrected chi connectivity index (χ2v) is 7.97. The van der Waals surface area contributed by atoms with Gasteiger partial charge in [0.1, 0.15) is 0 Å². The average Bonchev–Trinajstić information content (AvgIpc) is 3.00. The van der Waals surface area contributed by atoms with Crippen molar-refractivity contribution in [2.75, 3.05) is 26.2 Å². The van der Waals surface area contributed by atoms with E-state index in [1.807, 2.05) is 0 Å². The predicted molar refractivity (Wildman–Crippen MR) is 119 cm³/mol. The second-order valence-electron chi connectivity index (χ2n) is 7.97. The number of rotatable bonds is 13. The lowest BCUT2D eigenvalue weighted by molar-refractivity contribution is -0.384. The van der Waals surface area contributed by atoms with Crippen LogP contribution in [0.15, 0.2) is 35.6 Å². The Morgan fingerprint density at radius 1 is 1.16 bits per heavy atom. The highest BCUT2D eigenvalue weighted by Crippen LogP contribution is 2.38. The molecule has 1 aromatic rings. The Morgan fingerprint density at radius 2 is 1.77 bits per heavy atom. The molecule has 1 heterocycles. The zero-order chi connectivity index (χ0) is 23.0. The SMILES string of the molecule is CCCCN(CCCC)CCCN1C(=O)C(O)=C(C(C)=O)[C@H]1c1cccc([N+](=O)[O-])c1. The van der Waals surface area contributed by atoms with Crippen LogP contribution in [0.1, 0.15) is 64.5 Å². The number of aliphatic hydroxyl groups is 1. The van der Waals surface area contributed by atoms with Gasteiger partial charge >= 0.3 is 0 Å². The molecule has 2 rings (SSSR count). The Hall–Kier alpha value is -2.74. The van der Waals surface area contributed by atoms with E-state index < -0.39 is 28.4 Å². The van der Waals surface area contributed by atoms with E-state index in [0.29, 0.717) is 18.5 Å². The average molecular weight is 432 g/mol. The van der Waals surface area contributed by atoms with Crippen molar-refractivity contribution in [3.05, 3.63) is 51.3 Å². The lowest BCUT2D eigenvalue weighted by Crippen LogP contribution is -2.35. The number of non-ortho nitro benzene ring substituents is 1. The van der Waals surface area contributed by atoms with Crippen LogP contribution in [-0.2, 0) is 9.59 Å². The largest absolute Gasteiger partial charge is 0.503 e. The fraction of sp³-hybridized carbons (Fsp3) is 0.565. The first kappa shape index (κ1) is 24.5. The molecule has 0 spiro atoms. The maximum Gasteiger partial charge on any atom is 0.290 e. The van der Waals surface area contributed by atoms with E-state index in [2.05, 4.69) is 18.7 Å². The van der Waals surface area contributed by atoms with Crippen molar-refractivity contribution in [1.82, 2.24) is 9.80 Å². The minimum Gasteiger partial charge on any atom is -0.503 e. The number of aliphatic hydroxyl groups excluding tert-OH is 1. The van der Waals surface area contributed by atoms with E-state index in [4.69, 9.17) is 0 Å². The van der Waals surface area contributed by atoms with Gasteiger partial charge in [0.15, 0.2) is 11.5 Å². The van der Waals surface area contributed by atoms with E-state index in [0.717, 1.165) is 45.3 Å². The summed E-state index contributed by atoms with van der Waals surface area (Å²) in [5.41, 5.74) is 0.328. The van der Waals surface area contributed by atoms with E-state index in [1.165, 1.54) is 30.0 Å². The summed E-state index contributed by atoms with van der Waals surface area (Å²) >= 11 is 0. The van der Waals surface area contributed by atoms with Crippen molar-refractivity contribution in [3.8, 4) is 0 Å². The Labute approximate surface area is 183 Å². The summed E-state index contributed by atoms with van der Waals surface area (Å²) in [6.45, 7) is 8.76. The first-order valence-corrected chi connectivity index (χ1v) is 11.0. The molecule has 1 aliphatic heterocycles.